The molecule has 0 unspecified atom stereocenters. The molecule has 6 nitrogen and oxygen atoms in total. The maximum Gasteiger partial charge on any atom is 0.322 e. The molecule has 0 saturated heterocycles. The third kappa shape index (κ3) is 3.71. The lowest BCUT2D eigenvalue weighted by Crippen LogP contribution is -2.33. The van der Waals surface area contributed by atoms with Crippen LogP contribution in [0.3, 0.4) is 0 Å². The number of hydrogen-bond donors (Lipinski definition) is 0. The van der Waals surface area contributed by atoms with Crippen molar-refractivity contribution in [3.05, 3.63) is 5.28 Å². The number of ether oxygens (including phenoxy) is 1. The second kappa shape index (κ2) is 6.21. The Morgan fingerprint density at radius 3 is 2.65 bits per heavy atom. The van der Waals surface area contributed by atoms with Crippen molar-refractivity contribution in [2.45, 2.75) is 26.3 Å². The van der Waals surface area contributed by atoms with Crippen molar-refractivity contribution in [3.63, 3.8) is 0 Å². The van der Waals surface area contributed by atoms with E-state index in [2.05, 4.69) is 21.0 Å². The van der Waals surface area contributed by atoms with E-state index in [1.807, 2.05) is 18.7 Å². The molecule has 17 heavy (non-hydrogen) atoms. The number of hydrogen-bond acceptors (Lipinski definition) is 6. The molecule has 0 aliphatic carbocycles. The number of aromatic nitrogens is 3. The minimum absolute atomic E-state index is 0.0782. The van der Waals surface area contributed by atoms with E-state index in [-0.39, 0.29) is 17.3 Å². The molecule has 0 bridgehead atoms. The summed E-state index contributed by atoms with van der Waals surface area (Å²) in [6.45, 7) is 4.51. The van der Waals surface area contributed by atoms with E-state index in [0.29, 0.717) is 18.9 Å². The van der Waals surface area contributed by atoms with Gasteiger partial charge in [-0.25, -0.2) is 0 Å². The topological polar surface area (TPSA) is 74.9 Å². The minimum Gasteiger partial charge on any atom is -0.467 e. The number of methoxy groups -OCH3 is 1. The summed E-state index contributed by atoms with van der Waals surface area (Å²) in [5, 5.41) is 8.70. The van der Waals surface area contributed by atoms with Crippen LogP contribution in [-0.4, -0.2) is 34.6 Å². The summed E-state index contributed by atoms with van der Waals surface area (Å²) >= 11 is 5.78. The van der Waals surface area contributed by atoms with E-state index in [0.717, 1.165) is 0 Å². The zero-order valence-corrected chi connectivity index (χ0v) is 10.8. The third-order valence-corrected chi connectivity index (χ3v) is 2.27. The molecule has 1 rings (SSSR count). The first-order valence-electron chi connectivity index (χ1n) is 5.17. The second-order valence-corrected chi connectivity index (χ2v) is 3.92. The van der Waals surface area contributed by atoms with Crippen LogP contribution in [-0.2, 0) is 0 Å². The number of rotatable bonds is 5. The maximum atomic E-state index is 8.62. The molecule has 1 aromatic rings. The fourth-order valence-corrected chi connectivity index (χ4v) is 1.45. The zero-order valence-electron chi connectivity index (χ0n) is 10.0. The van der Waals surface area contributed by atoms with E-state index in [4.69, 9.17) is 21.6 Å². The molecule has 92 valence electrons. The Bertz CT molecular complexity index is 418. The molecule has 0 radical (unpaired) electrons. The van der Waals surface area contributed by atoms with Crippen LogP contribution in [0.25, 0.3) is 0 Å². The van der Waals surface area contributed by atoms with Gasteiger partial charge in [0.25, 0.3) is 0 Å². The molecule has 0 N–H and O–H groups in total. The van der Waals surface area contributed by atoms with Crippen LogP contribution in [0.5, 0.6) is 6.01 Å². The first kappa shape index (κ1) is 13.5. The second-order valence-electron chi connectivity index (χ2n) is 3.59. The van der Waals surface area contributed by atoms with E-state index < -0.39 is 0 Å². The Kier molecular flexibility index (Phi) is 4.91. The lowest BCUT2D eigenvalue weighted by atomic mass is 10.3. The van der Waals surface area contributed by atoms with Gasteiger partial charge in [-0.3, -0.25) is 0 Å². The Morgan fingerprint density at radius 1 is 1.41 bits per heavy atom. The Hall–Kier alpha value is -1.61. The summed E-state index contributed by atoms with van der Waals surface area (Å²) < 4.78 is 4.93. The van der Waals surface area contributed by atoms with Gasteiger partial charge in [0.2, 0.25) is 11.2 Å². The van der Waals surface area contributed by atoms with Crippen molar-refractivity contribution in [2.24, 2.45) is 0 Å². The summed E-state index contributed by atoms with van der Waals surface area (Å²) in [6, 6.07) is 2.42. The maximum absolute atomic E-state index is 8.62. The monoisotopic (exact) mass is 255 g/mol. The fraction of sp³-hybridized carbons (Fsp3) is 0.600. The van der Waals surface area contributed by atoms with Crippen LogP contribution in [0.1, 0.15) is 20.3 Å². The highest BCUT2D eigenvalue weighted by atomic mass is 35.5. The highest BCUT2D eigenvalue weighted by Gasteiger charge is 2.15. The molecular weight excluding hydrogens is 242 g/mol. The van der Waals surface area contributed by atoms with Crippen molar-refractivity contribution >= 4 is 17.5 Å². The summed E-state index contributed by atoms with van der Waals surface area (Å²) in [7, 11) is 1.46. The Balaban J connectivity index is 3.01. The Morgan fingerprint density at radius 2 is 2.12 bits per heavy atom. The molecule has 1 aromatic heterocycles. The van der Waals surface area contributed by atoms with Crippen LogP contribution in [0, 0.1) is 11.3 Å². The van der Waals surface area contributed by atoms with Crippen LogP contribution < -0.4 is 9.64 Å². The van der Waals surface area contributed by atoms with Gasteiger partial charge < -0.3 is 9.64 Å². The van der Waals surface area contributed by atoms with Crippen LogP contribution in [0.2, 0.25) is 5.28 Å². The summed E-state index contributed by atoms with van der Waals surface area (Å²) in [6.07, 6.45) is 0.393. The average molecular weight is 256 g/mol. The number of anilines is 1. The highest BCUT2D eigenvalue weighted by molar-refractivity contribution is 6.28. The van der Waals surface area contributed by atoms with Gasteiger partial charge in [-0.1, -0.05) is 0 Å². The van der Waals surface area contributed by atoms with E-state index in [1.54, 1.807) is 0 Å². The summed E-state index contributed by atoms with van der Waals surface area (Å²) in [5.41, 5.74) is 0. The van der Waals surface area contributed by atoms with Gasteiger partial charge in [-0.05, 0) is 25.4 Å². The van der Waals surface area contributed by atoms with E-state index in [9.17, 15) is 0 Å². The van der Waals surface area contributed by atoms with Gasteiger partial charge in [0.15, 0.2) is 0 Å². The highest BCUT2D eigenvalue weighted by Crippen LogP contribution is 2.17. The lowest BCUT2D eigenvalue weighted by Gasteiger charge is -2.25. The smallest absolute Gasteiger partial charge is 0.322 e. The predicted molar refractivity (Wildman–Crippen MR) is 64.1 cm³/mol. The molecular formula is C10H14ClN5O. The zero-order chi connectivity index (χ0) is 12.8. The third-order valence-electron chi connectivity index (χ3n) is 2.10. The van der Waals surface area contributed by atoms with Gasteiger partial charge in [-0.2, -0.15) is 20.2 Å². The quantitative estimate of drug-likeness (QED) is 0.797. The molecule has 0 spiro atoms. The first-order valence-corrected chi connectivity index (χ1v) is 5.55. The van der Waals surface area contributed by atoms with Crippen molar-refractivity contribution in [3.8, 4) is 12.1 Å². The molecule has 0 aliphatic rings. The summed E-state index contributed by atoms with van der Waals surface area (Å²) in [4.78, 5) is 13.8. The minimum atomic E-state index is 0.0782. The van der Waals surface area contributed by atoms with E-state index in [1.165, 1.54) is 7.11 Å². The molecule has 0 fully saturated rings. The van der Waals surface area contributed by atoms with Gasteiger partial charge in [-0.15, -0.1) is 0 Å². The van der Waals surface area contributed by atoms with Crippen LogP contribution in [0.15, 0.2) is 0 Å². The SMILES string of the molecule is COc1nc(Cl)nc(N(CCC#N)C(C)C)n1. The average Bonchev–Trinajstić information content (AvgIpc) is 2.28. The molecule has 0 atom stereocenters. The van der Waals surface area contributed by atoms with Gasteiger partial charge >= 0.3 is 6.01 Å². The Labute approximate surface area is 105 Å². The van der Waals surface area contributed by atoms with Gasteiger partial charge in [0.1, 0.15) is 0 Å². The molecule has 0 aliphatic heterocycles. The molecule has 0 amide bonds. The van der Waals surface area contributed by atoms with Gasteiger partial charge in [0.05, 0.1) is 19.6 Å². The standard InChI is InChI=1S/C10H14ClN5O/c1-7(2)16(6-4-5-12)9-13-8(11)14-10(15-9)17-3/h7H,4,6H2,1-3H3. The molecule has 7 heteroatoms. The lowest BCUT2D eigenvalue weighted by molar-refractivity contribution is 0.377. The van der Waals surface area contributed by atoms with Crippen molar-refractivity contribution in [2.75, 3.05) is 18.6 Å². The summed E-state index contributed by atoms with van der Waals surface area (Å²) in [5.74, 6) is 0.423. The molecule has 0 aromatic carbocycles. The number of nitriles is 1. The van der Waals surface area contributed by atoms with Crippen LogP contribution in [0.4, 0.5) is 5.95 Å². The predicted octanol–water partition coefficient (Wildman–Crippen LogP) is 1.66. The molecule has 1 heterocycles. The van der Waals surface area contributed by atoms with Crippen molar-refractivity contribution in [1.29, 1.82) is 5.26 Å². The van der Waals surface area contributed by atoms with Crippen LogP contribution >= 0.6 is 11.6 Å². The normalized spacial score (nSPS) is 10.1. The molecule has 0 saturated carbocycles. The number of nitrogens with zero attached hydrogens (tertiary/aromatic N) is 5. The largest absolute Gasteiger partial charge is 0.467 e. The van der Waals surface area contributed by atoms with Crippen molar-refractivity contribution < 1.29 is 4.74 Å². The number of halogens is 1. The fourth-order valence-electron chi connectivity index (χ4n) is 1.30. The first-order chi connectivity index (χ1) is 8.08. The van der Waals surface area contributed by atoms with Crippen molar-refractivity contribution in [1.82, 2.24) is 15.0 Å². The van der Waals surface area contributed by atoms with E-state index >= 15 is 0 Å². The van der Waals surface area contributed by atoms with Gasteiger partial charge in [0, 0.05) is 12.6 Å².